The number of hydrogen-bond donors (Lipinski definition) is 1. The van der Waals surface area contributed by atoms with Crippen molar-refractivity contribution in [2.75, 3.05) is 5.73 Å². The largest absolute Gasteiger partial charge is 0.573 e. The van der Waals surface area contributed by atoms with Gasteiger partial charge in [-0.25, -0.2) is 4.98 Å². The highest BCUT2D eigenvalue weighted by atomic mass is 19.4. The number of imidazole rings is 1. The van der Waals surface area contributed by atoms with Gasteiger partial charge in [0.15, 0.2) is 5.75 Å². The maximum absolute atomic E-state index is 12.6. The molecule has 0 spiro atoms. The third-order valence-electron chi connectivity index (χ3n) is 3.16. The average molecular weight is 318 g/mol. The number of aromatic nitrogens is 2. The van der Waals surface area contributed by atoms with Gasteiger partial charge in [0.2, 0.25) is 5.95 Å². The number of hydrogen-bond acceptors (Lipinski definition) is 4. The summed E-state index contributed by atoms with van der Waals surface area (Å²) in [5, 5.41) is 9.00. The van der Waals surface area contributed by atoms with Gasteiger partial charge in [0, 0.05) is 5.69 Å². The van der Waals surface area contributed by atoms with E-state index in [2.05, 4.69) is 9.72 Å². The average Bonchev–Trinajstić information content (AvgIpc) is 2.84. The molecule has 8 heteroatoms. The fourth-order valence-electron chi connectivity index (χ4n) is 2.29. The van der Waals surface area contributed by atoms with Gasteiger partial charge in [-0.2, -0.15) is 5.26 Å². The number of nitrogens with two attached hydrogens (primary N) is 1. The molecule has 0 unspecified atom stereocenters. The topological polar surface area (TPSA) is 76.9 Å². The molecule has 1 aromatic heterocycles. The molecule has 0 saturated carbocycles. The van der Waals surface area contributed by atoms with Crippen molar-refractivity contribution in [3.8, 4) is 17.5 Å². The predicted octanol–water partition coefficient (Wildman–Crippen LogP) is 3.38. The van der Waals surface area contributed by atoms with Gasteiger partial charge in [-0.05, 0) is 24.3 Å². The third-order valence-corrected chi connectivity index (χ3v) is 3.16. The lowest BCUT2D eigenvalue weighted by Gasteiger charge is -2.11. The number of fused-ring (bicyclic) bond motifs is 1. The van der Waals surface area contributed by atoms with E-state index < -0.39 is 12.1 Å². The molecule has 0 fully saturated rings. The number of nitrogens with zero attached hydrogens (tertiary/aromatic N) is 3. The molecule has 0 bridgehead atoms. The van der Waals surface area contributed by atoms with Gasteiger partial charge in [0.05, 0.1) is 11.1 Å². The van der Waals surface area contributed by atoms with Crippen LogP contribution in [0.5, 0.6) is 5.75 Å². The van der Waals surface area contributed by atoms with Gasteiger partial charge >= 0.3 is 6.36 Å². The van der Waals surface area contributed by atoms with Crippen molar-refractivity contribution in [1.82, 2.24) is 9.55 Å². The van der Waals surface area contributed by atoms with Crippen molar-refractivity contribution in [2.24, 2.45) is 0 Å². The molecule has 0 saturated heterocycles. The van der Waals surface area contributed by atoms with E-state index >= 15 is 0 Å². The number of benzene rings is 2. The molecule has 0 aliphatic heterocycles. The molecule has 0 radical (unpaired) electrons. The second-order valence-electron chi connectivity index (χ2n) is 4.61. The van der Waals surface area contributed by atoms with E-state index in [1.165, 1.54) is 16.7 Å². The fraction of sp³-hybridized carbons (Fsp3) is 0.0667. The second-order valence-corrected chi connectivity index (χ2v) is 4.61. The van der Waals surface area contributed by atoms with E-state index in [0.29, 0.717) is 11.2 Å². The number of nitriles is 1. The van der Waals surface area contributed by atoms with Crippen LogP contribution >= 0.6 is 0 Å². The Morgan fingerprint density at radius 3 is 2.43 bits per heavy atom. The maximum atomic E-state index is 12.6. The molecule has 1 heterocycles. The van der Waals surface area contributed by atoms with E-state index in [1.54, 1.807) is 36.4 Å². The van der Waals surface area contributed by atoms with E-state index in [-0.39, 0.29) is 17.0 Å². The Balaban J connectivity index is 2.30. The maximum Gasteiger partial charge on any atom is 0.573 e. The van der Waals surface area contributed by atoms with Crippen LogP contribution in [0.1, 0.15) is 5.56 Å². The lowest BCUT2D eigenvalue weighted by atomic mass is 10.2. The van der Waals surface area contributed by atoms with Gasteiger partial charge in [-0.1, -0.05) is 18.2 Å². The molecular weight excluding hydrogens is 309 g/mol. The normalized spacial score (nSPS) is 11.4. The van der Waals surface area contributed by atoms with Gasteiger partial charge in [-0.3, -0.25) is 4.57 Å². The summed E-state index contributed by atoms with van der Waals surface area (Å²) in [6.45, 7) is 0. The number of rotatable bonds is 2. The van der Waals surface area contributed by atoms with E-state index in [1.807, 2.05) is 0 Å². The first kappa shape index (κ1) is 14.7. The Bertz CT molecular complexity index is 910. The summed E-state index contributed by atoms with van der Waals surface area (Å²) in [7, 11) is 0. The Morgan fingerprint density at radius 2 is 1.83 bits per heavy atom. The molecule has 23 heavy (non-hydrogen) atoms. The van der Waals surface area contributed by atoms with E-state index in [0.717, 1.165) is 0 Å². The Morgan fingerprint density at radius 1 is 1.13 bits per heavy atom. The number of halogens is 3. The molecule has 2 aromatic carbocycles. The first-order valence-corrected chi connectivity index (χ1v) is 6.43. The van der Waals surface area contributed by atoms with Crippen LogP contribution < -0.4 is 10.5 Å². The molecule has 116 valence electrons. The first-order chi connectivity index (χ1) is 10.9. The van der Waals surface area contributed by atoms with Crippen molar-refractivity contribution >= 4 is 17.0 Å². The summed E-state index contributed by atoms with van der Waals surface area (Å²) in [6, 6.07) is 13.2. The molecule has 0 amide bonds. The van der Waals surface area contributed by atoms with E-state index in [4.69, 9.17) is 11.0 Å². The fourth-order valence-corrected chi connectivity index (χ4v) is 2.29. The zero-order valence-corrected chi connectivity index (χ0v) is 11.5. The summed E-state index contributed by atoms with van der Waals surface area (Å²) in [5.41, 5.74) is 6.39. The zero-order valence-electron chi connectivity index (χ0n) is 11.5. The highest BCUT2D eigenvalue weighted by Crippen LogP contribution is 2.35. The smallest absolute Gasteiger partial charge is 0.402 e. The SMILES string of the molecule is N#Cc1ccc2c(nc(N)n2-c2ccccc2)c1OC(F)(F)F. The van der Waals surface area contributed by atoms with Crippen molar-refractivity contribution in [2.45, 2.75) is 6.36 Å². The molecular formula is C15H9F3N4O. The summed E-state index contributed by atoms with van der Waals surface area (Å²) in [6.07, 6.45) is -4.94. The third kappa shape index (κ3) is 2.64. The summed E-state index contributed by atoms with van der Waals surface area (Å²) < 4.78 is 43.3. The monoisotopic (exact) mass is 318 g/mol. The lowest BCUT2D eigenvalue weighted by Crippen LogP contribution is -2.18. The van der Waals surface area contributed by atoms with Crippen LogP contribution in [0.15, 0.2) is 42.5 Å². The van der Waals surface area contributed by atoms with Gasteiger partial charge in [0.25, 0.3) is 0 Å². The van der Waals surface area contributed by atoms with Crippen LogP contribution in [0.3, 0.4) is 0 Å². The minimum Gasteiger partial charge on any atom is -0.402 e. The number of para-hydroxylation sites is 1. The number of nitrogen functional groups attached to an aromatic ring is 1. The molecule has 5 nitrogen and oxygen atoms in total. The standard InChI is InChI=1S/C15H9F3N4O/c16-15(17,18)23-13-9(8-19)6-7-11-12(13)21-14(20)22(11)10-4-2-1-3-5-10/h1-7H,(H2,20,21). The summed E-state index contributed by atoms with van der Waals surface area (Å²) in [4.78, 5) is 3.95. The zero-order chi connectivity index (χ0) is 16.6. The lowest BCUT2D eigenvalue weighted by molar-refractivity contribution is -0.274. The summed E-state index contributed by atoms with van der Waals surface area (Å²) in [5.74, 6) is -0.660. The van der Waals surface area contributed by atoms with E-state index in [9.17, 15) is 13.2 Å². The number of anilines is 1. The summed E-state index contributed by atoms with van der Waals surface area (Å²) >= 11 is 0. The Labute approximate surface area is 128 Å². The minimum absolute atomic E-state index is 0.00619. The van der Waals surface area contributed by atoms with Crippen molar-refractivity contribution in [3.05, 3.63) is 48.0 Å². The quantitative estimate of drug-likeness (QED) is 0.786. The Kier molecular flexibility index (Phi) is 3.33. The van der Waals surface area contributed by atoms with Crippen LogP contribution in [-0.4, -0.2) is 15.9 Å². The van der Waals surface area contributed by atoms with Crippen molar-refractivity contribution in [1.29, 1.82) is 5.26 Å². The molecule has 0 aliphatic carbocycles. The molecule has 2 N–H and O–H groups in total. The molecule has 0 aliphatic rings. The van der Waals surface area contributed by atoms with Crippen LogP contribution in [0, 0.1) is 11.3 Å². The predicted molar refractivity (Wildman–Crippen MR) is 76.9 cm³/mol. The number of ether oxygens (including phenoxy) is 1. The van der Waals surface area contributed by atoms with Gasteiger partial charge < -0.3 is 10.5 Å². The highest BCUT2D eigenvalue weighted by molar-refractivity contribution is 5.88. The van der Waals surface area contributed by atoms with Gasteiger partial charge in [-0.15, -0.1) is 13.2 Å². The van der Waals surface area contributed by atoms with Crippen LogP contribution in [0.2, 0.25) is 0 Å². The Hall–Kier alpha value is -3.21. The number of alkyl halides is 3. The first-order valence-electron chi connectivity index (χ1n) is 6.43. The molecule has 0 atom stereocenters. The van der Waals surface area contributed by atoms with Crippen LogP contribution in [-0.2, 0) is 0 Å². The highest BCUT2D eigenvalue weighted by Gasteiger charge is 2.34. The van der Waals surface area contributed by atoms with Gasteiger partial charge in [0.1, 0.15) is 11.6 Å². The second kappa shape index (κ2) is 5.21. The van der Waals surface area contributed by atoms with Crippen LogP contribution in [0.25, 0.3) is 16.7 Å². The van der Waals surface area contributed by atoms with Crippen molar-refractivity contribution in [3.63, 3.8) is 0 Å². The molecule has 3 aromatic rings. The van der Waals surface area contributed by atoms with Crippen LogP contribution in [0.4, 0.5) is 19.1 Å². The minimum atomic E-state index is -4.94. The molecule has 3 rings (SSSR count). The van der Waals surface area contributed by atoms with Crippen molar-refractivity contribution < 1.29 is 17.9 Å².